The molecule has 0 radical (unpaired) electrons. The summed E-state index contributed by atoms with van der Waals surface area (Å²) in [5, 5.41) is 0. The van der Waals surface area contributed by atoms with Crippen molar-refractivity contribution in [3.8, 4) is 16.9 Å². The van der Waals surface area contributed by atoms with Crippen LogP contribution in [0.25, 0.3) is 11.1 Å². The fourth-order valence-corrected chi connectivity index (χ4v) is 5.76. The Kier molecular flexibility index (Phi) is 5.20. The van der Waals surface area contributed by atoms with Crippen LogP contribution in [0.15, 0.2) is 24.3 Å². The van der Waals surface area contributed by atoms with E-state index in [1.165, 1.54) is 10.6 Å². The number of fused-ring (bicyclic) bond motifs is 1. The van der Waals surface area contributed by atoms with Crippen molar-refractivity contribution in [3.05, 3.63) is 52.3 Å². The molecule has 4 nitrogen and oxygen atoms in total. The van der Waals surface area contributed by atoms with Gasteiger partial charge in [-0.3, -0.25) is 0 Å². The Hall–Kier alpha value is -1.92. The zero-order valence-corrected chi connectivity index (χ0v) is 18.3. The molecule has 1 aliphatic carbocycles. The minimum Gasteiger partial charge on any atom is -0.489 e. The van der Waals surface area contributed by atoms with E-state index in [2.05, 4.69) is 20.8 Å². The highest BCUT2D eigenvalue weighted by molar-refractivity contribution is 7.88. The highest BCUT2D eigenvalue weighted by Gasteiger charge is 2.30. The average molecular weight is 418 g/mol. The lowest BCUT2D eigenvalue weighted by atomic mass is 9.89. The number of ether oxygens (including phenoxy) is 1. The lowest BCUT2D eigenvalue weighted by Crippen LogP contribution is -2.29. The maximum atomic E-state index is 14.4. The molecule has 0 bridgehead atoms. The number of benzene rings is 2. The van der Waals surface area contributed by atoms with E-state index in [9.17, 15) is 12.8 Å². The molecule has 6 heteroatoms. The number of aryl methyl sites for hydroxylation is 2. The molecule has 1 fully saturated rings. The van der Waals surface area contributed by atoms with E-state index in [1.807, 2.05) is 18.2 Å². The van der Waals surface area contributed by atoms with Crippen molar-refractivity contribution >= 4 is 10.0 Å². The van der Waals surface area contributed by atoms with E-state index in [0.717, 1.165) is 52.0 Å². The molecule has 4 rings (SSSR count). The molecule has 1 saturated heterocycles. The van der Waals surface area contributed by atoms with Gasteiger partial charge in [-0.25, -0.2) is 12.8 Å². The number of hydrogen-bond acceptors (Lipinski definition) is 3. The van der Waals surface area contributed by atoms with E-state index in [0.29, 0.717) is 19.5 Å². The van der Waals surface area contributed by atoms with E-state index in [4.69, 9.17) is 4.74 Å². The molecule has 2 atom stereocenters. The molecule has 0 saturated carbocycles. The van der Waals surface area contributed by atoms with E-state index >= 15 is 0 Å². The second-order valence-electron chi connectivity index (χ2n) is 8.51. The first-order valence-corrected chi connectivity index (χ1v) is 12.0. The maximum absolute atomic E-state index is 14.4. The molecule has 156 valence electrons. The number of hydrogen-bond donors (Lipinski definition) is 0. The molecule has 0 unspecified atom stereocenters. The van der Waals surface area contributed by atoms with Crippen molar-refractivity contribution in [1.82, 2.24) is 4.31 Å². The highest BCUT2D eigenvalue weighted by atomic mass is 32.2. The third-order valence-corrected chi connectivity index (χ3v) is 7.55. The van der Waals surface area contributed by atoms with Crippen molar-refractivity contribution in [2.24, 2.45) is 0 Å². The summed E-state index contributed by atoms with van der Waals surface area (Å²) in [6.45, 7) is 7.10. The van der Waals surface area contributed by atoms with Crippen LogP contribution in [-0.4, -0.2) is 38.2 Å². The van der Waals surface area contributed by atoms with Gasteiger partial charge in [0.1, 0.15) is 17.7 Å². The Labute approximate surface area is 172 Å². The predicted octanol–water partition coefficient (Wildman–Crippen LogP) is 4.57. The van der Waals surface area contributed by atoms with Crippen LogP contribution in [0.4, 0.5) is 4.39 Å². The summed E-state index contributed by atoms with van der Waals surface area (Å²) in [5.74, 6) is 0.922. The Balaban J connectivity index is 1.63. The second-order valence-corrected chi connectivity index (χ2v) is 10.5. The van der Waals surface area contributed by atoms with Crippen LogP contribution >= 0.6 is 0 Å². The summed E-state index contributed by atoms with van der Waals surface area (Å²) in [6, 6.07) is 7.53. The minimum atomic E-state index is -3.18. The van der Waals surface area contributed by atoms with Crippen LogP contribution in [-0.2, 0) is 16.4 Å². The zero-order valence-electron chi connectivity index (χ0n) is 17.5. The summed E-state index contributed by atoms with van der Waals surface area (Å²) >= 11 is 0. The fourth-order valence-electron chi connectivity index (χ4n) is 4.88. The molecule has 0 N–H and O–H groups in total. The van der Waals surface area contributed by atoms with Gasteiger partial charge in [0, 0.05) is 6.54 Å². The standard InChI is InChI=1S/C23H28FNO3S/c1-14-5-6-20-19(7-8-21(24)23(14)20)22-15(2)11-18(12-16(22)3)28-17-9-10-25(13-17)29(4,26)27/h7-8,11-12,14,17H,5-6,9-10,13H2,1-4H3/t14-,17-/m1/s1. The fraction of sp³-hybridized carbons (Fsp3) is 0.478. The molecule has 0 spiro atoms. The number of nitrogens with zero attached hydrogens (tertiary/aromatic N) is 1. The molecule has 0 aromatic heterocycles. The summed E-state index contributed by atoms with van der Waals surface area (Å²) in [7, 11) is -3.18. The Morgan fingerprint density at radius 2 is 1.83 bits per heavy atom. The van der Waals surface area contributed by atoms with Crippen LogP contribution in [0.2, 0.25) is 0 Å². The molecular weight excluding hydrogens is 389 g/mol. The summed E-state index contributed by atoms with van der Waals surface area (Å²) in [5.41, 5.74) is 6.45. The zero-order chi connectivity index (χ0) is 20.9. The van der Waals surface area contributed by atoms with Crippen LogP contribution in [0.3, 0.4) is 0 Å². The summed E-state index contributed by atoms with van der Waals surface area (Å²) in [4.78, 5) is 0. The Morgan fingerprint density at radius 1 is 1.14 bits per heavy atom. The van der Waals surface area contributed by atoms with Crippen molar-refractivity contribution in [2.75, 3.05) is 19.3 Å². The Morgan fingerprint density at radius 3 is 2.45 bits per heavy atom. The van der Waals surface area contributed by atoms with Crippen molar-refractivity contribution in [2.45, 2.75) is 52.1 Å². The van der Waals surface area contributed by atoms with E-state index < -0.39 is 10.0 Å². The number of sulfonamides is 1. The topological polar surface area (TPSA) is 46.6 Å². The van der Waals surface area contributed by atoms with Gasteiger partial charge in [0.15, 0.2) is 0 Å². The van der Waals surface area contributed by atoms with E-state index in [1.54, 1.807) is 6.07 Å². The SMILES string of the molecule is Cc1cc(O[C@@H]2CCN(S(C)(=O)=O)C2)cc(C)c1-c1ccc(F)c2c1CC[C@H]2C. The minimum absolute atomic E-state index is 0.0966. The molecular formula is C23H28FNO3S. The quantitative estimate of drug-likeness (QED) is 0.732. The average Bonchev–Trinajstić information content (AvgIpc) is 3.24. The van der Waals surface area contributed by atoms with Gasteiger partial charge in [-0.15, -0.1) is 0 Å². The van der Waals surface area contributed by atoms with Gasteiger partial charge in [-0.2, -0.15) is 4.31 Å². The van der Waals surface area contributed by atoms with Crippen LogP contribution < -0.4 is 4.74 Å². The highest BCUT2D eigenvalue weighted by Crippen LogP contribution is 2.42. The molecule has 0 amide bonds. The van der Waals surface area contributed by atoms with Gasteiger partial charge in [-0.05, 0) is 90.6 Å². The molecule has 1 heterocycles. The molecule has 2 aromatic rings. The van der Waals surface area contributed by atoms with Gasteiger partial charge in [0.2, 0.25) is 10.0 Å². The summed E-state index contributed by atoms with van der Waals surface area (Å²) in [6.07, 6.45) is 3.69. The van der Waals surface area contributed by atoms with Crippen LogP contribution in [0, 0.1) is 19.7 Å². The smallest absolute Gasteiger partial charge is 0.211 e. The van der Waals surface area contributed by atoms with Gasteiger partial charge in [-0.1, -0.05) is 13.0 Å². The van der Waals surface area contributed by atoms with Crippen LogP contribution in [0.5, 0.6) is 5.75 Å². The molecule has 29 heavy (non-hydrogen) atoms. The molecule has 2 aliphatic rings. The van der Waals surface area contributed by atoms with E-state index in [-0.39, 0.29) is 17.8 Å². The number of rotatable bonds is 4. The normalized spacial score (nSPS) is 22.1. The first-order valence-electron chi connectivity index (χ1n) is 10.2. The van der Waals surface area contributed by atoms with Gasteiger partial charge in [0.05, 0.1) is 12.8 Å². The third-order valence-electron chi connectivity index (χ3n) is 6.28. The lowest BCUT2D eigenvalue weighted by molar-refractivity contribution is 0.215. The van der Waals surface area contributed by atoms with Crippen molar-refractivity contribution < 1.29 is 17.5 Å². The lowest BCUT2D eigenvalue weighted by Gasteiger charge is -2.19. The van der Waals surface area contributed by atoms with Gasteiger partial charge >= 0.3 is 0 Å². The Bertz CT molecular complexity index is 1040. The molecule has 1 aliphatic heterocycles. The second kappa shape index (κ2) is 7.40. The molecule has 2 aromatic carbocycles. The third kappa shape index (κ3) is 3.80. The van der Waals surface area contributed by atoms with Crippen molar-refractivity contribution in [3.63, 3.8) is 0 Å². The van der Waals surface area contributed by atoms with Crippen molar-refractivity contribution in [1.29, 1.82) is 0 Å². The predicted molar refractivity (Wildman–Crippen MR) is 113 cm³/mol. The maximum Gasteiger partial charge on any atom is 0.211 e. The monoisotopic (exact) mass is 417 g/mol. The van der Waals surface area contributed by atoms with Gasteiger partial charge < -0.3 is 4.74 Å². The van der Waals surface area contributed by atoms with Crippen LogP contribution in [0.1, 0.15) is 47.9 Å². The largest absolute Gasteiger partial charge is 0.489 e. The summed E-state index contributed by atoms with van der Waals surface area (Å²) < 4.78 is 45.4. The first kappa shape index (κ1) is 20.4. The first-order chi connectivity index (χ1) is 13.6. The number of halogens is 1. The van der Waals surface area contributed by atoms with Gasteiger partial charge in [0.25, 0.3) is 0 Å².